The summed E-state index contributed by atoms with van der Waals surface area (Å²) in [5.74, 6) is 1.21. The molecule has 2 aliphatic rings. The molecule has 17 heavy (non-hydrogen) atoms. The van der Waals surface area contributed by atoms with Crippen molar-refractivity contribution >= 4 is 11.3 Å². The molecule has 1 aromatic rings. The third kappa shape index (κ3) is 2.69. The van der Waals surface area contributed by atoms with E-state index in [2.05, 4.69) is 17.2 Å². The molecule has 3 rings (SSSR count). The Bertz CT molecular complexity index is 389. The number of thiazole rings is 1. The zero-order valence-corrected chi connectivity index (χ0v) is 11.1. The largest absolute Gasteiger partial charge is 0.392 e. The molecule has 1 N–H and O–H groups in total. The molecule has 1 aromatic heterocycles. The molecule has 0 bridgehead atoms. The minimum Gasteiger partial charge on any atom is -0.392 e. The van der Waals surface area contributed by atoms with Crippen molar-refractivity contribution in [2.24, 2.45) is 5.92 Å². The number of piperidine rings is 1. The number of aromatic nitrogens is 1. The van der Waals surface area contributed by atoms with Crippen LogP contribution >= 0.6 is 11.3 Å². The molecule has 2 heterocycles. The van der Waals surface area contributed by atoms with E-state index in [-0.39, 0.29) is 6.10 Å². The molecule has 0 aromatic carbocycles. The van der Waals surface area contributed by atoms with Crippen LogP contribution in [0.3, 0.4) is 0 Å². The Morgan fingerprint density at radius 1 is 1.47 bits per heavy atom. The fourth-order valence-corrected chi connectivity index (χ4v) is 3.38. The van der Waals surface area contributed by atoms with Crippen LogP contribution in [0.15, 0.2) is 5.38 Å². The van der Waals surface area contributed by atoms with E-state index >= 15 is 0 Å². The number of likely N-dealkylation sites (tertiary alicyclic amines) is 1. The van der Waals surface area contributed by atoms with Crippen molar-refractivity contribution in [1.82, 2.24) is 9.88 Å². The lowest BCUT2D eigenvalue weighted by atomic mass is 9.96. The molecule has 4 heteroatoms. The van der Waals surface area contributed by atoms with Gasteiger partial charge in [0.25, 0.3) is 0 Å². The summed E-state index contributed by atoms with van der Waals surface area (Å²) in [6, 6.07) is 0. The number of hydrogen-bond acceptors (Lipinski definition) is 4. The molecule has 1 saturated carbocycles. The van der Waals surface area contributed by atoms with E-state index < -0.39 is 0 Å². The van der Waals surface area contributed by atoms with Crippen molar-refractivity contribution in [2.45, 2.75) is 44.8 Å². The van der Waals surface area contributed by atoms with Crippen LogP contribution in [0.2, 0.25) is 0 Å². The minimum absolute atomic E-state index is 0.162. The quantitative estimate of drug-likeness (QED) is 0.896. The first kappa shape index (κ1) is 11.6. The van der Waals surface area contributed by atoms with Crippen LogP contribution in [-0.2, 0) is 6.54 Å². The molecule has 0 spiro atoms. The second-order valence-electron chi connectivity index (χ2n) is 5.52. The Balaban J connectivity index is 1.58. The first-order valence-electron chi connectivity index (χ1n) is 6.57. The molecule has 0 radical (unpaired) electrons. The molecule has 2 unspecified atom stereocenters. The van der Waals surface area contributed by atoms with Gasteiger partial charge in [-0.3, -0.25) is 4.90 Å². The van der Waals surface area contributed by atoms with Crippen LogP contribution in [-0.4, -0.2) is 34.2 Å². The van der Waals surface area contributed by atoms with E-state index in [0.29, 0.717) is 5.92 Å². The predicted octanol–water partition coefficient (Wildman–Crippen LogP) is 2.22. The molecule has 0 amide bonds. The van der Waals surface area contributed by atoms with Gasteiger partial charge in [0.2, 0.25) is 0 Å². The van der Waals surface area contributed by atoms with Crippen LogP contribution in [0, 0.1) is 5.92 Å². The van der Waals surface area contributed by atoms with Gasteiger partial charge in [0.15, 0.2) is 0 Å². The lowest BCUT2D eigenvalue weighted by molar-refractivity contribution is 0.0255. The molecular formula is C13H20N2OS. The summed E-state index contributed by atoms with van der Waals surface area (Å²) < 4.78 is 0. The lowest BCUT2D eigenvalue weighted by Gasteiger charge is -2.33. The average Bonchev–Trinajstić information content (AvgIpc) is 3.06. The zero-order chi connectivity index (χ0) is 11.8. The van der Waals surface area contributed by atoms with Gasteiger partial charge in [-0.2, -0.15) is 0 Å². The van der Waals surface area contributed by atoms with Gasteiger partial charge in [-0.25, -0.2) is 4.98 Å². The number of nitrogens with zero attached hydrogens (tertiary/aromatic N) is 2. The molecule has 3 nitrogen and oxygen atoms in total. The fourth-order valence-electron chi connectivity index (χ4n) is 2.40. The van der Waals surface area contributed by atoms with Crippen molar-refractivity contribution in [1.29, 1.82) is 0 Å². The van der Waals surface area contributed by atoms with Crippen LogP contribution < -0.4 is 0 Å². The van der Waals surface area contributed by atoms with Gasteiger partial charge < -0.3 is 5.11 Å². The van der Waals surface area contributed by atoms with Crippen LogP contribution in [0.5, 0.6) is 0 Å². The first-order valence-corrected chi connectivity index (χ1v) is 7.45. The van der Waals surface area contributed by atoms with Crippen LogP contribution in [0.1, 0.15) is 42.8 Å². The highest BCUT2D eigenvalue weighted by Gasteiger charge is 2.28. The maximum atomic E-state index is 9.87. The minimum atomic E-state index is -0.162. The molecule has 1 aliphatic heterocycles. The normalized spacial score (nSPS) is 30.7. The SMILES string of the molecule is CC1CCN(Cc2csc(C3CC3)n2)CC1O. The maximum absolute atomic E-state index is 9.87. The lowest BCUT2D eigenvalue weighted by Crippen LogP contribution is -2.42. The highest BCUT2D eigenvalue weighted by Crippen LogP contribution is 2.41. The first-order chi connectivity index (χ1) is 8.22. The Morgan fingerprint density at radius 3 is 3.00 bits per heavy atom. The molecule has 2 atom stereocenters. The van der Waals surface area contributed by atoms with Gasteiger partial charge in [-0.05, 0) is 31.7 Å². The smallest absolute Gasteiger partial charge is 0.0959 e. The monoisotopic (exact) mass is 252 g/mol. The summed E-state index contributed by atoms with van der Waals surface area (Å²) in [5, 5.41) is 13.4. The Morgan fingerprint density at radius 2 is 2.29 bits per heavy atom. The third-order valence-corrected chi connectivity index (χ3v) is 4.94. The predicted molar refractivity (Wildman–Crippen MR) is 69.2 cm³/mol. The van der Waals surface area contributed by atoms with E-state index in [1.54, 1.807) is 0 Å². The van der Waals surface area contributed by atoms with Crippen LogP contribution in [0.4, 0.5) is 0 Å². The maximum Gasteiger partial charge on any atom is 0.0959 e. The topological polar surface area (TPSA) is 36.4 Å². The van der Waals surface area contributed by atoms with Gasteiger partial charge in [-0.15, -0.1) is 11.3 Å². The number of aliphatic hydroxyl groups is 1. The number of aliphatic hydroxyl groups excluding tert-OH is 1. The second-order valence-corrected chi connectivity index (χ2v) is 6.41. The summed E-state index contributed by atoms with van der Waals surface area (Å²) in [5.41, 5.74) is 1.19. The average molecular weight is 252 g/mol. The van der Waals surface area contributed by atoms with Crippen molar-refractivity contribution < 1.29 is 5.11 Å². The second kappa shape index (κ2) is 4.67. The van der Waals surface area contributed by atoms with E-state index in [4.69, 9.17) is 4.98 Å². The van der Waals surface area contributed by atoms with E-state index in [1.165, 1.54) is 23.5 Å². The van der Waals surface area contributed by atoms with Crippen molar-refractivity contribution in [2.75, 3.05) is 13.1 Å². The van der Waals surface area contributed by atoms with E-state index in [9.17, 15) is 5.11 Å². The highest BCUT2D eigenvalue weighted by atomic mass is 32.1. The van der Waals surface area contributed by atoms with Crippen LogP contribution in [0.25, 0.3) is 0 Å². The number of β-amino-alcohol motifs (C(OH)–C–C–N with tert-alkyl or cyclic N) is 1. The molecule has 2 fully saturated rings. The summed E-state index contributed by atoms with van der Waals surface area (Å²) in [4.78, 5) is 7.04. The molecular weight excluding hydrogens is 232 g/mol. The summed E-state index contributed by atoms with van der Waals surface area (Å²) in [6.07, 6.45) is 3.59. The van der Waals surface area contributed by atoms with Gasteiger partial charge in [0.05, 0.1) is 16.8 Å². The fraction of sp³-hybridized carbons (Fsp3) is 0.769. The Hall–Kier alpha value is -0.450. The summed E-state index contributed by atoms with van der Waals surface area (Å²) >= 11 is 1.81. The molecule has 1 saturated heterocycles. The van der Waals surface area contributed by atoms with Gasteiger partial charge in [0.1, 0.15) is 0 Å². The van der Waals surface area contributed by atoms with E-state index in [1.807, 2.05) is 11.3 Å². The third-order valence-electron chi connectivity index (χ3n) is 3.88. The summed E-state index contributed by atoms with van der Waals surface area (Å²) in [6.45, 7) is 4.94. The van der Waals surface area contributed by atoms with Gasteiger partial charge >= 0.3 is 0 Å². The van der Waals surface area contributed by atoms with Crippen molar-refractivity contribution in [3.63, 3.8) is 0 Å². The van der Waals surface area contributed by atoms with Crippen molar-refractivity contribution in [3.05, 3.63) is 16.1 Å². The van der Waals surface area contributed by atoms with Gasteiger partial charge in [0, 0.05) is 24.4 Å². The Labute approximate surface area is 106 Å². The zero-order valence-electron chi connectivity index (χ0n) is 10.3. The summed E-state index contributed by atoms with van der Waals surface area (Å²) in [7, 11) is 0. The highest BCUT2D eigenvalue weighted by molar-refractivity contribution is 7.09. The number of hydrogen-bond donors (Lipinski definition) is 1. The van der Waals surface area contributed by atoms with Gasteiger partial charge in [-0.1, -0.05) is 6.92 Å². The molecule has 1 aliphatic carbocycles. The Kier molecular flexibility index (Phi) is 3.19. The van der Waals surface area contributed by atoms with E-state index in [0.717, 1.165) is 32.0 Å². The van der Waals surface area contributed by atoms with Crippen molar-refractivity contribution in [3.8, 4) is 0 Å². The molecule has 94 valence electrons. The number of rotatable bonds is 3. The standard InChI is InChI=1S/C13H20N2OS/c1-9-4-5-15(7-12(9)16)6-11-8-17-13(14-11)10-2-3-10/h8-10,12,16H,2-7H2,1H3.